The molecule has 1 heterocycles. The highest BCUT2D eigenvalue weighted by Crippen LogP contribution is 2.18. The Labute approximate surface area is 97.6 Å². The summed E-state index contributed by atoms with van der Waals surface area (Å²) in [6.45, 7) is 5.21. The van der Waals surface area contributed by atoms with Gasteiger partial charge in [-0.15, -0.1) is 0 Å². The van der Waals surface area contributed by atoms with Gasteiger partial charge in [0.15, 0.2) is 0 Å². The number of hydrogen-bond acceptors (Lipinski definition) is 3. The Morgan fingerprint density at radius 3 is 2.88 bits per heavy atom. The first-order chi connectivity index (χ1) is 7.65. The lowest BCUT2D eigenvalue weighted by Gasteiger charge is -2.16. The molecule has 1 fully saturated rings. The molecule has 0 spiro atoms. The number of hydrogen-bond donors (Lipinski definition) is 1. The second kappa shape index (κ2) is 4.97. The number of nitrogens with one attached hydrogen (secondary N) is 1. The van der Waals surface area contributed by atoms with Gasteiger partial charge in [0.1, 0.15) is 0 Å². The van der Waals surface area contributed by atoms with Crippen molar-refractivity contribution in [3.63, 3.8) is 0 Å². The smallest absolute Gasteiger partial charge is 0.0597 e. The van der Waals surface area contributed by atoms with Crippen molar-refractivity contribution in [1.82, 2.24) is 20.0 Å². The molecule has 0 saturated heterocycles. The maximum Gasteiger partial charge on any atom is 0.0597 e. The van der Waals surface area contributed by atoms with E-state index in [0.717, 1.165) is 31.4 Å². The van der Waals surface area contributed by atoms with Crippen LogP contribution in [0.5, 0.6) is 0 Å². The van der Waals surface area contributed by atoms with E-state index in [-0.39, 0.29) is 0 Å². The van der Waals surface area contributed by atoms with E-state index in [2.05, 4.69) is 28.4 Å². The second-order valence-corrected chi connectivity index (χ2v) is 4.87. The number of rotatable bonds is 6. The summed E-state index contributed by atoms with van der Waals surface area (Å²) < 4.78 is 1.97. The van der Waals surface area contributed by atoms with Gasteiger partial charge in [-0.3, -0.25) is 9.58 Å². The zero-order valence-corrected chi connectivity index (χ0v) is 10.5. The van der Waals surface area contributed by atoms with Gasteiger partial charge in [-0.2, -0.15) is 5.10 Å². The fourth-order valence-corrected chi connectivity index (χ4v) is 1.91. The van der Waals surface area contributed by atoms with E-state index in [4.69, 9.17) is 0 Å². The van der Waals surface area contributed by atoms with Crippen molar-refractivity contribution >= 4 is 0 Å². The maximum atomic E-state index is 4.36. The van der Waals surface area contributed by atoms with E-state index in [0.29, 0.717) is 0 Å². The molecule has 16 heavy (non-hydrogen) atoms. The van der Waals surface area contributed by atoms with Crippen molar-refractivity contribution in [3.05, 3.63) is 17.5 Å². The Balaban J connectivity index is 1.72. The highest BCUT2D eigenvalue weighted by atomic mass is 15.3. The molecule has 0 atom stereocenters. The average molecular weight is 222 g/mol. The largest absolute Gasteiger partial charge is 0.313 e. The summed E-state index contributed by atoms with van der Waals surface area (Å²) in [7, 11) is 4.18. The molecule has 0 unspecified atom stereocenters. The molecule has 1 N–H and O–H groups in total. The molecule has 4 heteroatoms. The van der Waals surface area contributed by atoms with Gasteiger partial charge < -0.3 is 5.32 Å². The highest BCUT2D eigenvalue weighted by molar-refractivity contribution is 5.08. The second-order valence-electron chi connectivity index (χ2n) is 4.87. The molecule has 0 aromatic carbocycles. The van der Waals surface area contributed by atoms with Gasteiger partial charge in [-0.05, 0) is 32.9 Å². The predicted molar refractivity (Wildman–Crippen MR) is 65.3 cm³/mol. The van der Waals surface area contributed by atoms with Gasteiger partial charge in [-0.25, -0.2) is 0 Å². The van der Waals surface area contributed by atoms with Crippen molar-refractivity contribution in [2.75, 3.05) is 20.1 Å². The number of aromatic nitrogens is 2. The summed E-state index contributed by atoms with van der Waals surface area (Å²) in [6.07, 6.45) is 2.73. The van der Waals surface area contributed by atoms with Crippen molar-refractivity contribution in [2.45, 2.75) is 32.4 Å². The van der Waals surface area contributed by atoms with E-state index >= 15 is 0 Å². The molecule has 90 valence electrons. The predicted octanol–water partition coefficient (Wildman–Crippen LogP) is 0.912. The van der Waals surface area contributed by atoms with E-state index in [9.17, 15) is 0 Å². The molecule has 0 radical (unpaired) electrons. The third-order valence-corrected chi connectivity index (χ3v) is 3.03. The first-order valence-electron chi connectivity index (χ1n) is 6.06. The van der Waals surface area contributed by atoms with Crippen LogP contribution >= 0.6 is 0 Å². The quantitative estimate of drug-likeness (QED) is 0.777. The molecule has 1 saturated carbocycles. The number of likely N-dealkylation sites (N-methyl/N-ethyl adjacent to an activating group) is 1. The first kappa shape index (κ1) is 11.6. The monoisotopic (exact) mass is 222 g/mol. The van der Waals surface area contributed by atoms with Crippen molar-refractivity contribution < 1.29 is 0 Å². The summed E-state index contributed by atoms with van der Waals surface area (Å²) in [5.41, 5.74) is 2.38. The third-order valence-electron chi connectivity index (χ3n) is 3.03. The molecule has 1 aliphatic rings. The van der Waals surface area contributed by atoms with Crippen LogP contribution in [0, 0.1) is 6.92 Å². The number of aryl methyl sites for hydroxylation is 2. The average Bonchev–Trinajstić information content (AvgIpc) is 2.95. The third kappa shape index (κ3) is 3.32. The molecule has 1 aliphatic carbocycles. The van der Waals surface area contributed by atoms with Gasteiger partial charge in [0.2, 0.25) is 0 Å². The van der Waals surface area contributed by atoms with E-state index in [1.807, 2.05) is 18.7 Å². The molecule has 0 bridgehead atoms. The lowest BCUT2D eigenvalue weighted by atomic mass is 10.3. The van der Waals surface area contributed by atoms with Crippen LogP contribution in [0.3, 0.4) is 0 Å². The first-order valence-corrected chi connectivity index (χ1v) is 6.06. The lowest BCUT2D eigenvalue weighted by molar-refractivity contribution is 0.315. The topological polar surface area (TPSA) is 33.1 Å². The molecule has 4 nitrogen and oxygen atoms in total. The van der Waals surface area contributed by atoms with Crippen molar-refractivity contribution in [1.29, 1.82) is 0 Å². The Bertz CT molecular complexity index is 341. The molecular weight excluding hydrogens is 200 g/mol. The summed E-state index contributed by atoms with van der Waals surface area (Å²) in [6, 6.07) is 2.97. The summed E-state index contributed by atoms with van der Waals surface area (Å²) in [5, 5.41) is 7.89. The summed E-state index contributed by atoms with van der Waals surface area (Å²) >= 11 is 0. The highest BCUT2D eigenvalue weighted by Gasteiger charge is 2.19. The standard InChI is InChI=1S/C12H22N4/c1-10-8-12(16(3)14-10)9-15(2)7-6-13-11-4-5-11/h8,11,13H,4-7,9H2,1-3H3. The fraction of sp³-hybridized carbons (Fsp3) is 0.750. The molecule has 0 aliphatic heterocycles. The van der Waals surface area contributed by atoms with Crippen LogP contribution in [0.1, 0.15) is 24.2 Å². The normalized spacial score (nSPS) is 16.0. The lowest BCUT2D eigenvalue weighted by Crippen LogP contribution is -2.30. The Morgan fingerprint density at radius 2 is 2.31 bits per heavy atom. The molecule has 0 amide bonds. The van der Waals surface area contributed by atoms with Crippen LogP contribution in [0.2, 0.25) is 0 Å². The minimum atomic E-state index is 0.812. The number of nitrogens with zero attached hydrogens (tertiary/aromatic N) is 3. The minimum absolute atomic E-state index is 0.812. The van der Waals surface area contributed by atoms with Gasteiger partial charge in [0.05, 0.1) is 11.4 Å². The minimum Gasteiger partial charge on any atom is -0.313 e. The van der Waals surface area contributed by atoms with Crippen LogP contribution in [0.15, 0.2) is 6.07 Å². The van der Waals surface area contributed by atoms with E-state index < -0.39 is 0 Å². The van der Waals surface area contributed by atoms with Crippen LogP contribution in [-0.4, -0.2) is 40.9 Å². The Morgan fingerprint density at radius 1 is 1.56 bits per heavy atom. The van der Waals surface area contributed by atoms with Crippen molar-refractivity contribution in [3.8, 4) is 0 Å². The summed E-state index contributed by atoms with van der Waals surface area (Å²) in [4.78, 5) is 2.34. The zero-order valence-electron chi connectivity index (χ0n) is 10.5. The van der Waals surface area contributed by atoms with Crippen LogP contribution < -0.4 is 5.32 Å². The van der Waals surface area contributed by atoms with Gasteiger partial charge in [0.25, 0.3) is 0 Å². The fourth-order valence-electron chi connectivity index (χ4n) is 1.91. The van der Waals surface area contributed by atoms with Crippen LogP contribution in [0.4, 0.5) is 0 Å². The Hall–Kier alpha value is -0.870. The van der Waals surface area contributed by atoms with E-state index in [1.54, 1.807) is 0 Å². The maximum absolute atomic E-state index is 4.36. The van der Waals surface area contributed by atoms with Gasteiger partial charge >= 0.3 is 0 Å². The van der Waals surface area contributed by atoms with E-state index in [1.165, 1.54) is 18.5 Å². The summed E-state index contributed by atoms with van der Waals surface area (Å²) in [5.74, 6) is 0. The van der Waals surface area contributed by atoms with Crippen LogP contribution in [-0.2, 0) is 13.6 Å². The SMILES string of the molecule is Cc1cc(CN(C)CCNC2CC2)n(C)n1. The van der Waals surface area contributed by atoms with Crippen LogP contribution in [0.25, 0.3) is 0 Å². The molecule has 1 aromatic heterocycles. The molecule has 2 rings (SSSR count). The van der Waals surface area contributed by atoms with Gasteiger partial charge in [-0.1, -0.05) is 0 Å². The zero-order chi connectivity index (χ0) is 11.5. The Kier molecular flexibility index (Phi) is 3.61. The molecule has 1 aromatic rings. The van der Waals surface area contributed by atoms with Crippen molar-refractivity contribution in [2.24, 2.45) is 7.05 Å². The molecular formula is C12H22N4. The van der Waals surface area contributed by atoms with Gasteiger partial charge in [0, 0.05) is 32.7 Å².